The summed E-state index contributed by atoms with van der Waals surface area (Å²) in [4.78, 5) is 24.0. The van der Waals surface area contributed by atoms with Crippen LogP contribution in [0.15, 0.2) is 0 Å². The first-order valence-corrected chi connectivity index (χ1v) is 7.56. The first-order chi connectivity index (χ1) is 9.30. The summed E-state index contributed by atoms with van der Waals surface area (Å²) in [5, 5.41) is 12.3. The number of rotatable bonds is 6. The molecule has 3 atom stereocenters. The van der Waals surface area contributed by atoms with E-state index in [-0.39, 0.29) is 18.4 Å². The largest absolute Gasteiger partial charge is 0.480 e. The highest BCUT2D eigenvalue weighted by atomic mass is 16.4. The van der Waals surface area contributed by atoms with Gasteiger partial charge in [0, 0.05) is 6.54 Å². The molecule has 0 aromatic heterocycles. The highest BCUT2D eigenvalue weighted by molar-refractivity contribution is 5.88. The van der Waals surface area contributed by atoms with Crippen molar-refractivity contribution in [2.45, 2.75) is 58.4 Å². The normalized spacial score (nSPS) is 28.1. The van der Waals surface area contributed by atoms with Gasteiger partial charge in [-0.1, -0.05) is 33.6 Å². The van der Waals surface area contributed by atoms with Crippen LogP contribution < -0.4 is 11.1 Å². The van der Waals surface area contributed by atoms with Gasteiger partial charge in [0.15, 0.2) is 0 Å². The third-order valence-electron chi connectivity index (χ3n) is 4.18. The maximum absolute atomic E-state index is 12.3. The molecule has 0 spiro atoms. The van der Waals surface area contributed by atoms with Crippen LogP contribution in [-0.4, -0.2) is 29.1 Å². The van der Waals surface area contributed by atoms with Crippen LogP contribution in [0.25, 0.3) is 0 Å². The van der Waals surface area contributed by atoms with Crippen LogP contribution in [-0.2, 0) is 9.59 Å². The van der Waals surface area contributed by atoms with Crippen LogP contribution in [0, 0.1) is 17.8 Å². The summed E-state index contributed by atoms with van der Waals surface area (Å²) in [6.07, 6.45) is 3.57. The molecule has 4 N–H and O–H groups in total. The minimum absolute atomic E-state index is 0.210. The molecule has 0 aromatic carbocycles. The molecule has 5 heteroatoms. The number of aliphatic carboxylic acids is 1. The average molecular weight is 284 g/mol. The number of carboxylic acid groups (broad SMARTS) is 1. The molecule has 0 radical (unpaired) electrons. The molecular formula is C15H28N2O3. The van der Waals surface area contributed by atoms with E-state index < -0.39 is 11.5 Å². The number of carboxylic acids is 1. The molecule has 1 aliphatic carbocycles. The maximum Gasteiger partial charge on any atom is 0.329 e. The SMILES string of the molecule is CC(C)CC(CN)C(=O)NC1(C(=O)O)CCCC(C)C1. The third kappa shape index (κ3) is 4.20. The second kappa shape index (κ2) is 7.07. The molecule has 0 saturated heterocycles. The predicted molar refractivity (Wildman–Crippen MR) is 78.1 cm³/mol. The molecule has 0 heterocycles. The monoisotopic (exact) mass is 284 g/mol. The highest BCUT2D eigenvalue weighted by Crippen LogP contribution is 2.33. The standard InChI is InChI=1S/C15H28N2O3/c1-10(2)7-12(9-16)13(18)17-15(14(19)20)6-4-5-11(3)8-15/h10-12H,4-9,16H2,1-3H3,(H,17,18)(H,19,20). The lowest BCUT2D eigenvalue weighted by molar-refractivity contribution is -0.150. The van der Waals surface area contributed by atoms with Crippen molar-refractivity contribution in [3.8, 4) is 0 Å². The molecule has 1 saturated carbocycles. The molecule has 1 amide bonds. The van der Waals surface area contributed by atoms with Crippen molar-refractivity contribution < 1.29 is 14.7 Å². The van der Waals surface area contributed by atoms with Gasteiger partial charge in [-0.05, 0) is 31.1 Å². The van der Waals surface area contributed by atoms with E-state index in [1.54, 1.807) is 0 Å². The van der Waals surface area contributed by atoms with Gasteiger partial charge in [0.2, 0.25) is 5.91 Å². The molecule has 0 bridgehead atoms. The Hall–Kier alpha value is -1.10. The van der Waals surface area contributed by atoms with E-state index in [2.05, 4.69) is 5.32 Å². The van der Waals surface area contributed by atoms with Crippen LogP contribution in [0.5, 0.6) is 0 Å². The van der Waals surface area contributed by atoms with E-state index in [1.807, 2.05) is 20.8 Å². The molecule has 20 heavy (non-hydrogen) atoms. The van der Waals surface area contributed by atoms with Gasteiger partial charge >= 0.3 is 5.97 Å². The Balaban J connectivity index is 2.79. The van der Waals surface area contributed by atoms with Crippen molar-refractivity contribution in [1.82, 2.24) is 5.32 Å². The van der Waals surface area contributed by atoms with Crippen molar-refractivity contribution in [2.75, 3.05) is 6.54 Å². The van der Waals surface area contributed by atoms with Gasteiger partial charge in [-0.3, -0.25) is 4.79 Å². The summed E-state index contributed by atoms with van der Waals surface area (Å²) in [5.41, 5.74) is 4.57. The van der Waals surface area contributed by atoms with Crippen LogP contribution in [0.1, 0.15) is 52.9 Å². The lowest BCUT2D eigenvalue weighted by atomic mass is 9.76. The Labute approximate surface area is 121 Å². The number of hydrogen-bond acceptors (Lipinski definition) is 3. The van der Waals surface area contributed by atoms with Crippen molar-refractivity contribution in [1.29, 1.82) is 0 Å². The van der Waals surface area contributed by atoms with Crippen LogP contribution in [0.4, 0.5) is 0 Å². The quantitative estimate of drug-likeness (QED) is 0.693. The fraction of sp³-hybridized carbons (Fsp3) is 0.867. The first-order valence-electron chi connectivity index (χ1n) is 7.56. The minimum Gasteiger partial charge on any atom is -0.480 e. The predicted octanol–water partition coefficient (Wildman–Crippen LogP) is 1.76. The van der Waals surface area contributed by atoms with E-state index >= 15 is 0 Å². The number of nitrogens with one attached hydrogen (secondary N) is 1. The first kappa shape index (κ1) is 17.0. The third-order valence-corrected chi connectivity index (χ3v) is 4.18. The fourth-order valence-electron chi connectivity index (χ4n) is 3.13. The van der Waals surface area contributed by atoms with E-state index in [9.17, 15) is 14.7 Å². The number of carbonyl (C=O) groups is 2. The van der Waals surface area contributed by atoms with Crippen LogP contribution in [0.2, 0.25) is 0 Å². The van der Waals surface area contributed by atoms with Crippen molar-refractivity contribution in [2.24, 2.45) is 23.5 Å². The van der Waals surface area contributed by atoms with Gasteiger partial charge in [-0.25, -0.2) is 4.79 Å². The maximum atomic E-state index is 12.3. The number of carbonyl (C=O) groups excluding carboxylic acids is 1. The zero-order valence-electron chi connectivity index (χ0n) is 12.8. The van der Waals surface area contributed by atoms with Gasteiger partial charge in [0.1, 0.15) is 5.54 Å². The van der Waals surface area contributed by atoms with Crippen molar-refractivity contribution in [3.05, 3.63) is 0 Å². The highest BCUT2D eigenvalue weighted by Gasteiger charge is 2.43. The molecule has 0 aliphatic heterocycles. The molecule has 3 unspecified atom stereocenters. The second-order valence-corrected chi connectivity index (χ2v) is 6.64. The van der Waals surface area contributed by atoms with Gasteiger partial charge in [-0.2, -0.15) is 0 Å². The van der Waals surface area contributed by atoms with Crippen LogP contribution in [0.3, 0.4) is 0 Å². The topological polar surface area (TPSA) is 92.4 Å². The van der Waals surface area contributed by atoms with Gasteiger partial charge in [0.25, 0.3) is 0 Å². The summed E-state index contributed by atoms with van der Waals surface area (Å²) in [5.74, 6) is -0.749. The molecule has 1 fully saturated rings. The molecule has 116 valence electrons. The Morgan fingerprint density at radius 1 is 1.45 bits per heavy atom. The lowest BCUT2D eigenvalue weighted by Gasteiger charge is -2.38. The van der Waals surface area contributed by atoms with Gasteiger partial charge < -0.3 is 16.2 Å². The summed E-state index contributed by atoms with van der Waals surface area (Å²) < 4.78 is 0. The van der Waals surface area contributed by atoms with Crippen LogP contribution >= 0.6 is 0 Å². The van der Waals surface area contributed by atoms with E-state index in [1.165, 1.54) is 0 Å². The number of hydrogen-bond donors (Lipinski definition) is 3. The van der Waals surface area contributed by atoms with Gasteiger partial charge in [-0.15, -0.1) is 0 Å². The Kier molecular flexibility index (Phi) is 5.99. The summed E-state index contributed by atoms with van der Waals surface area (Å²) in [7, 11) is 0. The smallest absolute Gasteiger partial charge is 0.329 e. The average Bonchev–Trinajstić information content (AvgIpc) is 2.35. The molecular weight excluding hydrogens is 256 g/mol. The van der Waals surface area contributed by atoms with Gasteiger partial charge in [0.05, 0.1) is 5.92 Å². The molecule has 5 nitrogen and oxygen atoms in total. The molecule has 1 rings (SSSR count). The van der Waals surface area contributed by atoms with E-state index in [4.69, 9.17) is 5.73 Å². The summed E-state index contributed by atoms with van der Waals surface area (Å²) in [6.45, 7) is 6.37. The number of nitrogens with two attached hydrogens (primary N) is 1. The van der Waals surface area contributed by atoms with E-state index in [0.717, 1.165) is 12.8 Å². The summed E-state index contributed by atoms with van der Waals surface area (Å²) in [6, 6.07) is 0. The number of amides is 1. The minimum atomic E-state index is -1.10. The molecule has 1 aliphatic rings. The Morgan fingerprint density at radius 3 is 2.55 bits per heavy atom. The molecule has 0 aromatic rings. The van der Waals surface area contributed by atoms with Crippen molar-refractivity contribution >= 4 is 11.9 Å². The van der Waals surface area contributed by atoms with E-state index in [0.29, 0.717) is 31.1 Å². The lowest BCUT2D eigenvalue weighted by Crippen LogP contribution is -2.58. The Morgan fingerprint density at radius 2 is 2.10 bits per heavy atom. The zero-order valence-corrected chi connectivity index (χ0v) is 12.8. The zero-order chi connectivity index (χ0) is 15.3. The van der Waals surface area contributed by atoms with Crippen molar-refractivity contribution in [3.63, 3.8) is 0 Å². The second-order valence-electron chi connectivity index (χ2n) is 6.64. The fourth-order valence-corrected chi connectivity index (χ4v) is 3.13. The summed E-state index contributed by atoms with van der Waals surface area (Å²) >= 11 is 0. The Bertz CT molecular complexity index is 357.